The van der Waals surface area contributed by atoms with Crippen LogP contribution < -0.4 is 10.6 Å². The summed E-state index contributed by atoms with van der Waals surface area (Å²) in [6.07, 6.45) is 2.23. The largest absolute Gasteiger partial charge is 0.371 e. The highest BCUT2D eigenvalue weighted by atomic mass is 16.6. The number of piperidine rings is 1. The summed E-state index contributed by atoms with van der Waals surface area (Å²) in [5.74, 6) is 0.465. The lowest BCUT2D eigenvalue weighted by Gasteiger charge is -2.36. The van der Waals surface area contributed by atoms with Crippen LogP contribution >= 0.6 is 0 Å². The highest BCUT2D eigenvalue weighted by Crippen LogP contribution is 2.31. The molecule has 0 aromatic heterocycles. The van der Waals surface area contributed by atoms with E-state index in [1.165, 1.54) is 0 Å². The predicted octanol–water partition coefficient (Wildman–Crippen LogP) is 2.47. The monoisotopic (exact) mass is 263 g/mol. The van der Waals surface area contributed by atoms with Crippen LogP contribution in [0.2, 0.25) is 0 Å². The fraction of sp³-hybridized carbons (Fsp3) is 0.571. The van der Waals surface area contributed by atoms with Gasteiger partial charge in [-0.1, -0.05) is 6.07 Å². The molecule has 1 heterocycles. The van der Waals surface area contributed by atoms with E-state index in [2.05, 4.69) is 4.90 Å². The molecule has 2 N–H and O–H groups in total. The van der Waals surface area contributed by atoms with Gasteiger partial charge in [-0.3, -0.25) is 10.1 Å². The molecule has 1 aliphatic heterocycles. The summed E-state index contributed by atoms with van der Waals surface area (Å²) < 4.78 is 0. The number of benzene rings is 1. The van der Waals surface area contributed by atoms with Crippen molar-refractivity contribution >= 4 is 11.4 Å². The molecule has 5 nitrogen and oxygen atoms in total. The molecule has 0 spiro atoms. The maximum absolute atomic E-state index is 11.0. The number of hydrogen-bond donors (Lipinski definition) is 1. The van der Waals surface area contributed by atoms with Gasteiger partial charge in [-0.15, -0.1) is 0 Å². The summed E-state index contributed by atoms with van der Waals surface area (Å²) in [6, 6.07) is 5.45. The maximum Gasteiger partial charge on any atom is 0.274 e. The maximum atomic E-state index is 11.0. The van der Waals surface area contributed by atoms with Crippen molar-refractivity contribution in [2.24, 2.45) is 11.7 Å². The van der Waals surface area contributed by atoms with Gasteiger partial charge in [-0.25, -0.2) is 0 Å². The molecule has 1 saturated heterocycles. The molecule has 2 rings (SSSR count). The van der Waals surface area contributed by atoms with Crippen LogP contribution in [0.5, 0.6) is 0 Å². The fourth-order valence-electron chi connectivity index (χ4n) is 2.81. The summed E-state index contributed by atoms with van der Waals surface area (Å²) in [5, 5.41) is 11.0. The van der Waals surface area contributed by atoms with E-state index in [0.29, 0.717) is 5.92 Å². The molecule has 104 valence electrons. The molecule has 19 heavy (non-hydrogen) atoms. The average Bonchev–Trinajstić information content (AvgIpc) is 2.38. The lowest BCUT2D eigenvalue weighted by atomic mass is 9.91. The molecule has 0 radical (unpaired) electrons. The van der Waals surface area contributed by atoms with Crippen molar-refractivity contribution in [2.75, 3.05) is 18.0 Å². The number of anilines is 1. The summed E-state index contributed by atoms with van der Waals surface area (Å²) in [4.78, 5) is 12.9. The molecule has 1 aliphatic rings. The van der Waals surface area contributed by atoms with Gasteiger partial charge >= 0.3 is 0 Å². The third kappa shape index (κ3) is 2.87. The molecule has 5 heteroatoms. The first-order chi connectivity index (χ1) is 9.00. The second-order valence-electron chi connectivity index (χ2n) is 5.39. The van der Waals surface area contributed by atoms with Crippen LogP contribution in [-0.2, 0) is 0 Å². The summed E-state index contributed by atoms with van der Waals surface area (Å²) in [5.41, 5.74) is 7.90. The molecule has 1 aromatic carbocycles. The molecular weight excluding hydrogens is 242 g/mol. The van der Waals surface area contributed by atoms with Gasteiger partial charge in [0.2, 0.25) is 0 Å². The minimum Gasteiger partial charge on any atom is -0.371 e. The standard InChI is InChI=1S/C14H21N3O2/c1-10-13(6-3-7-14(10)17(18)19)16-8-4-5-12(9-16)11(2)15/h3,6-7,11-12H,4-5,8-9,15H2,1-2H3. The van der Waals surface area contributed by atoms with Gasteiger partial charge in [0.25, 0.3) is 5.69 Å². The van der Waals surface area contributed by atoms with Gasteiger partial charge in [0, 0.05) is 30.9 Å². The van der Waals surface area contributed by atoms with Gasteiger partial charge < -0.3 is 10.6 Å². The van der Waals surface area contributed by atoms with E-state index in [1.807, 2.05) is 19.9 Å². The highest BCUT2D eigenvalue weighted by molar-refractivity contribution is 5.61. The molecule has 1 aromatic rings. The van der Waals surface area contributed by atoms with Crippen molar-refractivity contribution in [3.8, 4) is 0 Å². The van der Waals surface area contributed by atoms with Crippen LogP contribution in [0.3, 0.4) is 0 Å². The molecule has 2 atom stereocenters. The van der Waals surface area contributed by atoms with Crippen LogP contribution in [-0.4, -0.2) is 24.1 Å². The Morgan fingerprint density at radius 2 is 2.26 bits per heavy atom. The third-order valence-corrected chi connectivity index (χ3v) is 4.02. The normalized spacial score (nSPS) is 21.2. The summed E-state index contributed by atoms with van der Waals surface area (Å²) in [7, 11) is 0. The first kappa shape index (κ1) is 13.8. The number of hydrogen-bond acceptors (Lipinski definition) is 4. The van der Waals surface area contributed by atoms with Crippen LogP contribution in [0.4, 0.5) is 11.4 Å². The Kier molecular flexibility index (Phi) is 4.04. The molecule has 0 aliphatic carbocycles. The van der Waals surface area contributed by atoms with Crippen molar-refractivity contribution in [3.63, 3.8) is 0 Å². The number of nitro groups is 1. The van der Waals surface area contributed by atoms with Crippen molar-refractivity contribution in [2.45, 2.75) is 32.7 Å². The highest BCUT2D eigenvalue weighted by Gasteiger charge is 2.25. The quantitative estimate of drug-likeness (QED) is 0.671. The van der Waals surface area contributed by atoms with Gasteiger partial charge in [-0.05, 0) is 38.7 Å². The molecule has 1 fully saturated rings. The van der Waals surface area contributed by atoms with E-state index < -0.39 is 0 Å². The molecule has 0 saturated carbocycles. The van der Waals surface area contributed by atoms with Crippen LogP contribution in [0.25, 0.3) is 0 Å². The fourth-order valence-corrected chi connectivity index (χ4v) is 2.81. The van der Waals surface area contributed by atoms with Crippen molar-refractivity contribution in [1.29, 1.82) is 0 Å². The second kappa shape index (κ2) is 5.57. The van der Waals surface area contributed by atoms with Crippen LogP contribution in [0.1, 0.15) is 25.3 Å². The first-order valence-electron chi connectivity index (χ1n) is 6.75. The number of nitro benzene ring substituents is 1. The van der Waals surface area contributed by atoms with Gasteiger partial charge in [0.15, 0.2) is 0 Å². The Hall–Kier alpha value is -1.62. The third-order valence-electron chi connectivity index (χ3n) is 4.02. The average molecular weight is 263 g/mol. The number of nitrogens with two attached hydrogens (primary N) is 1. The zero-order valence-corrected chi connectivity index (χ0v) is 11.5. The first-order valence-corrected chi connectivity index (χ1v) is 6.75. The topological polar surface area (TPSA) is 72.4 Å². The number of rotatable bonds is 3. The zero-order chi connectivity index (χ0) is 14.0. The Morgan fingerprint density at radius 3 is 2.89 bits per heavy atom. The van der Waals surface area contributed by atoms with E-state index in [9.17, 15) is 10.1 Å². The van der Waals surface area contributed by atoms with Crippen LogP contribution in [0, 0.1) is 23.0 Å². The van der Waals surface area contributed by atoms with E-state index in [-0.39, 0.29) is 16.7 Å². The SMILES string of the molecule is Cc1c(N2CCCC(C(C)N)C2)cccc1[N+](=O)[O-]. The second-order valence-corrected chi connectivity index (χ2v) is 5.39. The predicted molar refractivity (Wildman–Crippen MR) is 76.4 cm³/mol. The minimum atomic E-state index is -0.314. The lowest BCUT2D eigenvalue weighted by molar-refractivity contribution is -0.385. The Morgan fingerprint density at radius 1 is 1.53 bits per heavy atom. The summed E-state index contributed by atoms with van der Waals surface area (Å²) in [6.45, 7) is 5.70. The minimum absolute atomic E-state index is 0.168. The van der Waals surface area contributed by atoms with Crippen molar-refractivity contribution in [3.05, 3.63) is 33.9 Å². The van der Waals surface area contributed by atoms with Crippen molar-refractivity contribution < 1.29 is 4.92 Å². The van der Waals surface area contributed by atoms with Gasteiger partial charge in [-0.2, -0.15) is 0 Å². The van der Waals surface area contributed by atoms with Crippen LogP contribution in [0.15, 0.2) is 18.2 Å². The van der Waals surface area contributed by atoms with Crippen molar-refractivity contribution in [1.82, 2.24) is 0 Å². The zero-order valence-electron chi connectivity index (χ0n) is 11.5. The summed E-state index contributed by atoms with van der Waals surface area (Å²) >= 11 is 0. The molecular formula is C14H21N3O2. The van der Waals surface area contributed by atoms with E-state index in [0.717, 1.165) is 37.2 Å². The number of nitrogens with zero attached hydrogens (tertiary/aromatic N) is 2. The van der Waals surface area contributed by atoms with Gasteiger partial charge in [0.1, 0.15) is 0 Å². The van der Waals surface area contributed by atoms with E-state index in [4.69, 9.17) is 5.73 Å². The molecule has 2 unspecified atom stereocenters. The Bertz CT molecular complexity index is 474. The smallest absolute Gasteiger partial charge is 0.274 e. The molecule has 0 amide bonds. The van der Waals surface area contributed by atoms with Gasteiger partial charge in [0.05, 0.1) is 10.5 Å². The Labute approximate surface area is 113 Å². The Balaban J connectivity index is 2.26. The lowest BCUT2D eigenvalue weighted by Crippen LogP contribution is -2.42. The molecule has 0 bridgehead atoms. The van der Waals surface area contributed by atoms with E-state index in [1.54, 1.807) is 12.1 Å². The van der Waals surface area contributed by atoms with E-state index >= 15 is 0 Å².